The van der Waals surface area contributed by atoms with Crippen LogP contribution in [0.1, 0.15) is 20.8 Å². The van der Waals surface area contributed by atoms with Gasteiger partial charge >= 0.3 is 0 Å². The quantitative estimate of drug-likeness (QED) is 0.593. The van der Waals surface area contributed by atoms with Crippen molar-refractivity contribution >= 4 is 31.6 Å². The second kappa shape index (κ2) is 8.49. The maximum atomic E-state index is 12.3. The van der Waals surface area contributed by atoms with E-state index in [1.54, 1.807) is 20.8 Å². The van der Waals surface area contributed by atoms with E-state index in [0.29, 0.717) is 11.4 Å². The number of anilines is 1. The van der Waals surface area contributed by atoms with Crippen LogP contribution >= 0.6 is 0 Å². The van der Waals surface area contributed by atoms with Crippen LogP contribution in [-0.4, -0.2) is 34.9 Å². The van der Waals surface area contributed by atoms with Crippen LogP contribution in [0.5, 0.6) is 5.75 Å². The van der Waals surface area contributed by atoms with Crippen molar-refractivity contribution < 1.29 is 26.4 Å². The van der Waals surface area contributed by atoms with Gasteiger partial charge in [0.25, 0.3) is 5.91 Å². The van der Waals surface area contributed by atoms with Crippen LogP contribution in [0.2, 0.25) is 0 Å². The Morgan fingerprint density at radius 1 is 0.931 bits per heavy atom. The van der Waals surface area contributed by atoms with Crippen LogP contribution < -0.4 is 19.9 Å². The molecule has 0 saturated carbocycles. The average molecular weight is 442 g/mol. The molecular formula is C18H23N3O6S2. The first-order chi connectivity index (χ1) is 13.3. The van der Waals surface area contributed by atoms with E-state index in [9.17, 15) is 21.6 Å². The third-order valence-electron chi connectivity index (χ3n) is 3.41. The second-order valence-electron chi connectivity index (χ2n) is 7.23. The van der Waals surface area contributed by atoms with Crippen molar-refractivity contribution in [3.63, 3.8) is 0 Å². The summed E-state index contributed by atoms with van der Waals surface area (Å²) < 4.78 is 54.8. The van der Waals surface area contributed by atoms with E-state index in [2.05, 4.69) is 10.0 Å². The highest BCUT2D eigenvalue weighted by atomic mass is 32.2. The number of nitrogens with two attached hydrogens (primary N) is 1. The molecule has 0 aliphatic carbocycles. The van der Waals surface area contributed by atoms with Gasteiger partial charge in [-0.15, -0.1) is 0 Å². The number of hydrogen-bond acceptors (Lipinski definition) is 6. The predicted octanol–water partition coefficient (Wildman–Crippen LogP) is 1.43. The molecule has 0 radical (unpaired) electrons. The lowest BCUT2D eigenvalue weighted by Gasteiger charge is -2.20. The Morgan fingerprint density at radius 2 is 1.45 bits per heavy atom. The van der Waals surface area contributed by atoms with Crippen molar-refractivity contribution in [3.8, 4) is 5.75 Å². The fourth-order valence-electron chi connectivity index (χ4n) is 2.25. The normalized spacial score (nSPS) is 12.4. The van der Waals surface area contributed by atoms with Crippen LogP contribution in [0.25, 0.3) is 0 Å². The number of carbonyl (C=O) groups excluding carboxylic acids is 1. The van der Waals surface area contributed by atoms with Gasteiger partial charge in [-0.2, -0.15) is 0 Å². The monoisotopic (exact) mass is 441 g/mol. The first kappa shape index (κ1) is 22.8. The summed E-state index contributed by atoms with van der Waals surface area (Å²) in [4.78, 5) is 12.0. The maximum absolute atomic E-state index is 12.3. The zero-order valence-corrected chi connectivity index (χ0v) is 17.8. The number of amides is 1. The third kappa shape index (κ3) is 7.13. The fourth-order valence-corrected chi connectivity index (χ4v) is 4.18. The Kier molecular flexibility index (Phi) is 6.68. The highest BCUT2D eigenvalue weighted by Crippen LogP contribution is 2.18. The van der Waals surface area contributed by atoms with E-state index in [1.807, 2.05) is 0 Å². The Balaban J connectivity index is 1.94. The van der Waals surface area contributed by atoms with Gasteiger partial charge in [-0.3, -0.25) is 4.79 Å². The van der Waals surface area contributed by atoms with Crippen molar-refractivity contribution in [2.24, 2.45) is 5.14 Å². The molecule has 0 atom stereocenters. The molecule has 9 nitrogen and oxygen atoms in total. The number of primary sulfonamides is 1. The minimum absolute atomic E-state index is 0.0669. The summed E-state index contributed by atoms with van der Waals surface area (Å²) >= 11 is 0. The van der Waals surface area contributed by atoms with Crippen molar-refractivity contribution in [1.82, 2.24) is 4.72 Å². The third-order valence-corrected chi connectivity index (χ3v) is 6.11. The summed E-state index contributed by atoms with van der Waals surface area (Å²) in [6.45, 7) is 4.90. The van der Waals surface area contributed by atoms with Gasteiger partial charge in [0.05, 0.1) is 9.79 Å². The predicted molar refractivity (Wildman–Crippen MR) is 108 cm³/mol. The van der Waals surface area contributed by atoms with E-state index in [4.69, 9.17) is 9.88 Å². The van der Waals surface area contributed by atoms with Crippen molar-refractivity contribution in [3.05, 3.63) is 48.5 Å². The molecule has 2 rings (SSSR count). The molecule has 0 spiro atoms. The summed E-state index contributed by atoms with van der Waals surface area (Å²) in [5.41, 5.74) is -0.237. The van der Waals surface area contributed by atoms with Gasteiger partial charge in [0.2, 0.25) is 20.0 Å². The topological polar surface area (TPSA) is 145 Å². The van der Waals surface area contributed by atoms with Crippen LogP contribution in [0, 0.1) is 0 Å². The molecule has 0 aromatic heterocycles. The highest BCUT2D eigenvalue weighted by molar-refractivity contribution is 7.89. The van der Waals surface area contributed by atoms with Crippen LogP contribution in [-0.2, 0) is 24.8 Å². The SMILES string of the molecule is CC(C)(C)NS(=O)(=O)c1ccc(OCC(=O)Nc2ccc(S(N)(=O)=O)cc2)cc1. The number of ether oxygens (including phenoxy) is 1. The van der Waals surface area contributed by atoms with Gasteiger partial charge in [0.15, 0.2) is 6.61 Å². The van der Waals surface area contributed by atoms with E-state index >= 15 is 0 Å². The number of rotatable bonds is 7. The molecular weight excluding hydrogens is 418 g/mol. The maximum Gasteiger partial charge on any atom is 0.262 e. The number of hydrogen-bond donors (Lipinski definition) is 3. The molecule has 29 heavy (non-hydrogen) atoms. The van der Waals surface area contributed by atoms with Gasteiger partial charge in [-0.25, -0.2) is 26.7 Å². The van der Waals surface area contributed by atoms with E-state index in [0.717, 1.165) is 0 Å². The van der Waals surface area contributed by atoms with Gasteiger partial charge in [0, 0.05) is 11.2 Å². The number of nitrogens with one attached hydrogen (secondary N) is 2. The Morgan fingerprint density at radius 3 is 1.93 bits per heavy atom. The molecule has 0 aliphatic heterocycles. The van der Waals surface area contributed by atoms with Gasteiger partial charge < -0.3 is 10.1 Å². The number of carbonyl (C=O) groups is 1. The molecule has 158 valence electrons. The van der Waals surface area contributed by atoms with E-state index in [1.165, 1.54) is 48.5 Å². The zero-order valence-electron chi connectivity index (χ0n) is 16.2. The van der Waals surface area contributed by atoms with E-state index < -0.39 is 31.5 Å². The van der Waals surface area contributed by atoms with Crippen molar-refractivity contribution in [2.75, 3.05) is 11.9 Å². The summed E-state index contributed by atoms with van der Waals surface area (Å²) in [6.07, 6.45) is 0. The molecule has 4 N–H and O–H groups in total. The summed E-state index contributed by atoms with van der Waals surface area (Å²) in [5.74, 6) is -0.154. The summed E-state index contributed by atoms with van der Waals surface area (Å²) in [7, 11) is -7.46. The van der Waals surface area contributed by atoms with Crippen LogP contribution in [0.15, 0.2) is 58.3 Å². The molecule has 0 aliphatic rings. The molecule has 11 heteroatoms. The number of sulfonamides is 2. The van der Waals surface area contributed by atoms with Gasteiger partial charge in [-0.05, 0) is 69.3 Å². The Bertz CT molecular complexity index is 1070. The molecule has 1 amide bonds. The average Bonchev–Trinajstić information content (AvgIpc) is 2.58. The summed E-state index contributed by atoms with van der Waals surface area (Å²) in [5, 5.41) is 7.56. The minimum atomic E-state index is -3.80. The minimum Gasteiger partial charge on any atom is -0.484 e. The van der Waals surface area contributed by atoms with Gasteiger partial charge in [0.1, 0.15) is 5.75 Å². The number of benzene rings is 2. The highest BCUT2D eigenvalue weighted by Gasteiger charge is 2.21. The van der Waals surface area contributed by atoms with Crippen molar-refractivity contribution in [2.45, 2.75) is 36.1 Å². The molecule has 0 fully saturated rings. The molecule has 2 aromatic rings. The first-order valence-corrected chi connectivity index (χ1v) is 11.5. The Hall–Kier alpha value is -2.47. The zero-order chi connectivity index (χ0) is 21.9. The van der Waals surface area contributed by atoms with Crippen LogP contribution in [0.3, 0.4) is 0 Å². The molecule has 0 heterocycles. The molecule has 0 bridgehead atoms. The lowest BCUT2D eigenvalue weighted by atomic mass is 10.1. The fraction of sp³-hybridized carbons (Fsp3) is 0.278. The molecule has 2 aromatic carbocycles. The largest absolute Gasteiger partial charge is 0.484 e. The van der Waals surface area contributed by atoms with Gasteiger partial charge in [-0.1, -0.05) is 0 Å². The Labute approximate surface area is 170 Å². The first-order valence-electron chi connectivity index (χ1n) is 8.46. The van der Waals surface area contributed by atoms with Crippen LogP contribution in [0.4, 0.5) is 5.69 Å². The lowest BCUT2D eigenvalue weighted by molar-refractivity contribution is -0.118. The van der Waals surface area contributed by atoms with Crippen molar-refractivity contribution in [1.29, 1.82) is 0 Å². The standard InChI is InChI=1S/C18H23N3O6S2/c1-18(2,3)21-29(25,26)16-10-6-14(7-11-16)27-12-17(22)20-13-4-8-15(9-5-13)28(19,23)24/h4-11,21H,12H2,1-3H3,(H,20,22)(H2,19,23,24). The van der Waals surface area contributed by atoms with E-state index in [-0.39, 0.29) is 16.4 Å². The smallest absolute Gasteiger partial charge is 0.262 e. The molecule has 0 saturated heterocycles. The summed E-state index contributed by atoms with van der Waals surface area (Å²) in [6, 6.07) is 11.0. The molecule has 0 unspecified atom stereocenters. The second-order valence-corrected chi connectivity index (χ2v) is 10.5. The lowest BCUT2D eigenvalue weighted by Crippen LogP contribution is -2.40.